The van der Waals surface area contributed by atoms with Gasteiger partial charge in [-0.1, -0.05) is 0 Å². The van der Waals surface area contributed by atoms with Crippen molar-refractivity contribution in [1.82, 2.24) is 14.7 Å². The summed E-state index contributed by atoms with van der Waals surface area (Å²) in [5.41, 5.74) is 0.503. The molecule has 2 heterocycles. The zero-order valence-electron chi connectivity index (χ0n) is 10.6. The maximum Gasteiger partial charge on any atom is 0.247 e. The van der Waals surface area contributed by atoms with Crippen molar-refractivity contribution in [3.8, 4) is 0 Å². The Morgan fingerprint density at radius 3 is 2.74 bits per heavy atom. The molecule has 5 nitrogen and oxygen atoms in total. The molecule has 0 N–H and O–H groups in total. The van der Waals surface area contributed by atoms with Gasteiger partial charge >= 0.3 is 0 Å². The van der Waals surface area contributed by atoms with E-state index in [0.29, 0.717) is 27.1 Å². The lowest BCUT2D eigenvalue weighted by atomic mass is 10.2. The zero-order chi connectivity index (χ0) is 14.0. The highest BCUT2D eigenvalue weighted by Crippen LogP contribution is 2.22. The minimum atomic E-state index is -0.186. The number of carbonyl (C=O) groups is 1. The summed E-state index contributed by atoms with van der Waals surface area (Å²) in [5.74, 6) is 0.105. The van der Waals surface area contributed by atoms with Gasteiger partial charge in [-0.2, -0.15) is 5.10 Å². The average Bonchev–Trinajstić information content (AvgIpc) is 2.92. The van der Waals surface area contributed by atoms with E-state index in [1.165, 1.54) is 0 Å². The van der Waals surface area contributed by atoms with Crippen molar-refractivity contribution < 1.29 is 9.21 Å². The van der Waals surface area contributed by atoms with Crippen molar-refractivity contribution in [2.75, 3.05) is 20.6 Å². The van der Waals surface area contributed by atoms with Crippen molar-refractivity contribution >= 4 is 37.6 Å². The molecule has 0 spiro atoms. The van der Waals surface area contributed by atoms with Crippen LogP contribution in [0, 0.1) is 0 Å². The number of likely N-dealkylation sites (N-methyl/N-ethyl adjacent to an activating group) is 1. The number of nitrogens with zero attached hydrogens (tertiary/aromatic N) is 3. The lowest BCUT2D eigenvalue weighted by Crippen LogP contribution is -2.21. The number of aromatic nitrogens is 2. The van der Waals surface area contributed by atoms with E-state index in [0.717, 1.165) is 6.54 Å². The van der Waals surface area contributed by atoms with E-state index in [1.807, 2.05) is 19.0 Å². The van der Waals surface area contributed by atoms with Crippen LogP contribution in [0.4, 0.5) is 0 Å². The summed E-state index contributed by atoms with van der Waals surface area (Å²) in [4.78, 5) is 14.4. The lowest BCUT2D eigenvalue weighted by molar-refractivity contribution is 0.0996. The van der Waals surface area contributed by atoms with Gasteiger partial charge in [0.2, 0.25) is 5.78 Å². The van der Waals surface area contributed by atoms with Gasteiger partial charge in [-0.15, -0.1) is 0 Å². The standard InChI is InChI=1S/C12H13Br2N3O2/c1-16(2)5-6-17-11(8(13)7-15-17)12(18)9-3-4-10(14)19-9/h3-4,7H,5-6H2,1-2H3. The van der Waals surface area contributed by atoms with E-state index in [4.69, 9.17) is 4.42 Å². The van der Waals surface area contributed by atoms with Gasteiger partial charge in [0.05, 0.1) is 17.2 Å². The number of rotatable bonds is 5. The third kappa shape index (κ3) is 3.34. The minimum Gasteiger partial charge on any atom is -0.446 e. The van der Waals surface area contributed by atoms with Crippen LogP contribution in [0.3, 0.4) is 0 Å². The van der Waals surface area contributed by atoms with Gasteiger partial charge in [-0.3, -0.25) is 9.48 Å². The van der Waals surface area contributed by atoms with E-state index < -0.39 is 0 Å². The van der Waals surface area contributed by atoms with Crippen LogP contribution in [0.25, 0.3) is 0 Å². The van der Waals surface area contributed by atoms with Gasteiger partial charge < -0.3 is 9.32 Å². The van der Waals surface area contributed by atoms with Crippen LogP contribution in [-0.4, -0.2) is 41.1 Å². The maximum absolute atomic E-state index is 12.4. The largest absolute Gasteiger partial charge is 0.446 e. The number of halogens is 2. The van der Waals surface area contributed by atoms with Crippen molar-refractivity contribution in [2.24, 2.45) is 0 Å². The second-order valence-corrected chi connectivity index (χ2v) is 5.94. The smallest absolute Gasteiger partial charge is 0.247 e. The van der Waals surface area contributed by atoms with Crippen LogP contribution in [0.15, 0.2) is 31.9 Å². The Morgan fingerprint density at radius 2 is 2.16 bits per heavy atom. The molecule has 2 aromatic rings. The van der Waals surface area contributed by atoms with Crippen LogP contribution in [0.5, 0.6) is 0 Å². The Bertz CT molecular complexity index is 590. The fourth-order valence-corrected chi connectivity index (χ4v) is 2.39. The normalized spacial score (nSPS) is 11.2. The van der Waals surface area contributed by atoms with Crippen molar-refractivity contribution in [1.29, 1.82) is 0 Å². The van der Waals surface area contributed by atoms with Gasteiger partial charge in [0.15, 0.2) is 10.4 Å². The first-order chi connectivity index (χ1) is 8.99. The molecule has 0 saturated heterocycles. The zero-order valence-corrected chi connectivity index (χ0v) is 13.7. The third-order valence-corrected chi connectivity index (χ3v) is 3.57. The molecule has 0 aliphatic carbocycles. The molecule has 19 heavy (non-hydrogen) atoms. The Kier molecular flexibility index (Phi) is 4.59. The first-order valence-corrected chi connectivity index (χ1v) is 7.23. The third-order valence-electron chi connectivity index (χ3n) is 2.57. The fourth-order valence-electron chi connectivity index (χ4n) is 1.61. The summed E-state index contributed by atoms with van der Waals surface area (Å²) >= 11 is 6.55. The molecule has 0 aromatic carbocycles. The first kappa shape index (κ1) is 14.5. The number of ketones is 1. The molecule has 2 aromatic heterocycles. The number of furan rings is 1. The number of hydrogen-bond acceptors (Lipinski definition) is 4. The maximum atomic E-state index is 12.4. The summed E-state index contributed by atoms with van der Waals surface area (Å²) in [5, 5.41) is 4.21. The van der Waals surface area contributed by atoms with E-state index in [1.54, 1.807) is 23.0 Å². The fraction of sp³-hybridized carbons (Fsp3) is 0.333. The summed E-state index contributed by atoms with van der Waals surface area (Å²) in [7, 11) is 3.95. The van der Waals surface area contributed by atoms with Crippen LogP contribution in [-0.2, 0) is 6.54 Å². The molecule has 0 aliphatic rings. The molecular weight excluding hydrogens is 378 g/mol. The van der Waals surface area contributed by atoms with Crippen LogP contribution in [0.2, 0.25) is 0 Å². The quantitative estimate of drug-likeness (QED) is 0.736. The topological polar surface area (TPSA) is 51.3 Å². The summed E-state index contributed by atoms with van der Waals surface area (Å²) < 4.78 is 8.19. The van der Waals surface area contributed by atoms with E-state index in [2.05, 4.69) is 37.0 Å². The van der Waals surface area contributed by atoms with Gasteiger partial charge in [0, 0.05) is 6.54 Å². The minimum absolute atomic E-state index is 0.186. The van der Waals surface area contributed by atoms with Crippen molar-refractivity contribution in [3.05, 3.63) is 38.9 Å². The highest BCUT2D eigenvalue weighted by molar-refractivity contribution is 9.10. The van der Waals surface area contributed by atoms with Crippen LogP contribution in [0.1, 0.15) is 16.2 Å². The SMILES string of the molecule is CN(C)CCn1ncc(Br)c1C(=O)c1ccc(Br)o1. The molecule has 0 radical (unpaired) electrons. The van der Waals surface area contributed by atoms with Crippen molar-refractivity contribution in [3.63, 3.8) is 0 Å². The van der Waals surface area contributed by atoms with Gasteiger partial charge in [-0.25, -0.2) is 0 Å². The number of hydrogen-bond donors (Lipinski definition) is 0. The molecule has 2 rings (SSSR count). The second-order valence-electron chi connectivity index (χ2n) is 4.30. The Labute approximate surface area is 127 Å². The van der Waals surface area contributed by atoms with E-state index in [9.17, 15) is 4.79 Å². The molecule has 0 bridgehead atoms. The molecule has 0 fully saturated rings. The predicted octanol–water partition coefficient (Wildman–Crippen LogP) is 2.79. The molecule has 102 valence electrons. The summed E-state index contributed by atoms with van der Waals surface area (Å²) in [6.45, 7) is 1.44. The Balaban J connectivity index is 2.28. The molecule has 0 amide bonds. The molecule has 7 heteroatoms. The second kappa shape index (κ2) is 6.02. The molecule has 0 atom stereocenters. The van der Waals surface area contributed by atoms with Crippen LogP contribution >= 0.6 is 31.9 Å². The highest BCUT2D eigenvalue weighted by Gasteiger charge is 2.21. The molecule has 0 unspecified atom stereocenters. The molecular formula is C12H13Br2N3O2. The van der Waals surface area contributed by atoms with Crippen molar-refractivity contribution in [2.45, 2.75) is 6.54 Å². The summed E-state index contributed by atoms with van der Waals surface area (Å²) in [6.07, 6.45) is 1.63. The van der Waals surface area contributed by atoms with Crippen LogP contribution < -0.4 is 0 Å². The monoisotopic (exact) mass is 389 g/mol. The first-order valence-electron chi connectivity index (χ1n) is 5.65. The highest BCUT2D eigenvalue weighted by atomic mass is 79.9. The Hall–Kier alpha value is -0.920. The van der Waals surface area contributed by atoms with E-state index in [-0.39, 0.29) is 5.78 Å². The van der Waals surface area contributed by atoms with Gasteiger partial charge in [0.1, 0.15) is 5.69 Å². The molecule has 0 aliphatic heterocycles. The van der Waals surface area contributed by atoms with E-state index >= 15 is 0 Å². The number of carbonyl (C=O) groups excluding carboxylic acids is 1. The Morgan fingerprint density at radius 1 is 1.42 bits per heavy atom. The van der Waals surface area contributed by atoms with Gasteiger partial charge in [0.25, 0.3) is 0 Å². The predicted molar refractivity (Wildman–Crippen MR) is 78.3 cm³/mol. The van der Waals surface area contributed by atoms with Gasteiger partial charge in [-0.05, 0) is 58.1 Å². The lowest BCUT2D eigenvalue weighted by Gasteiger charge is -2.11. The average molecular weight is 391 g/mol. The summed E-state index contributed by atoms with van der Waals surface area (Å²) in [6, 6.07) is 3.34. The molecule has 0 saturated carbocycles.